The normalized spacial score (nSPS) is 22.8. The molecule has 0 aromatic carbocycles. The van der Waals surface area contributed by atoms with Gasteiger partial charge in [0.15, 0.2) is 9.84 Å². The van der Waals surface area contributed by atoms with E-state index in [1.807, 2.05) is 6.07 Å². The average molecular weight is 558 g/mol. The van der Waals surface area contributed by atoms with E-state index in [0.717, 1.165) is 17.0 Å². The summed E-state index contributed by atoms with van der Waals surface area (Å²) >= 11 is 1.48. The Labute approximate surface area is 220 Å². The molecule has 0 bridgehead atoms. The molecule has 1 atom stereocenters. The number of nitrogens with one attached hydrogen (secondary N) is 1. The van der Waals surface area contributed by atoms with Gasteiger partial charge in [-0.3, -0.25) is 14.7 Å². The summed E-state index contributed by atoms with van der Waals surface area (Å²) in [5, 5.41) is 2.87. The third kappa shape index (κ3) is 6.37. The zero-order chi connectivity index (χ0) is 27.0. The molecule has 0 unspecified atom stereocenters. The highest BCUT2D eigenvalue weighted by molar-refractivity contribution is 7.91. The highest BCUT2D eigenvalue weighted by Gasteiger charge is 2.42. The second kappa shape index (κ2) is 11.0. The Kier molecular flexibility index (Phi) is 8.35. The lowest BCUT2D eigenvalue weighted by Crippen LogP contribution is -2.35. The number of fused-ring (bicyclic) bond motifs is 1. The number of amides is 1. The summed E-state index contributed by atoms with van der Waals surface area (Å²) in [6, 6.07) is 5.18. The van der Waals surface area contributed by atoms with Gasteiger partial charge in [0.25, 0.3) is 5.91 Å². The first-order valence-electron chi connectivity index (χ1n) is 12.8. The zero-order valence-electron chi connectivity index (χ0n) is 21.3. The molecule has 1 aliphatic carbocycles. The number of sulfone groups is 1. The largest absolute Gasteiger partial charge is 0.391 e. The van der Waals surface area contributed by atoms with Crippen LogP contribution < -0.4 is 5.32 Å². The van der Waals surface area contributed by atoms with Gasteiger partial charge in [0.1, 0.15) is 0 Å². The summed E-state index contributed by atoms with van der Waals surface area (Å²) in [6.45, 7) is 7.53. The van der Waals surface area contributed by atoms with Crippen LogP contribution in [0.3, 0.4) is 0 Å². The Morgan fingerprint density at radius 3 is 2.49 bits per heavy atom. The highest BCUT2D eigenvalue weighted by atomic mass is 32.2. The van der Waals surface area contributed by atoms with Crippen LogP contribution in [-0.2, 0) is 22.9 Å². The lowest BCUT2D eigenvalue weighted by Gasteiger charge is -2.35. The number of aromatic nitrogens is 1. The van der Waals surface area contributed by atoms with Crippen LogP contribution >= 0.6 is 11.3 Å². The first-order valence-corrected chi connectivity index (χ1v) is 15.2. The van der Waals surface area contributed by atoms with Crippen molar-refractivity contribution in [1.29, 1.82) is 0 Å². The molecule has 3 heterocycles. The summed E-state index contributed by atoms with van der Waals surface area (Å²) in [5.41, 5.74) is 1.68. The van der Waals surface area contributed by atoms with Crippen molar-refractivity contribution in [3.8, 4) is 0 Å². The number of carbonyl (C=O) groups is 1. The van der Waals surface area contributed by atoms with Crippen molar-refractivity contribution in [3.63, 3.8) is 0 Å². The molecular weight excluding hydrogens is 523 g/mol. The summed E-state index contributed by atoms with van der Waals surface area (Å²) in [6.07, 6.45) is -1.13. The van der Waals surface area contributed by atoms with E-state index in [2.05, 4.69) is 29.0 Å². The Bertz CT molecular complexity index is 1200. The Hall–Kier alpha value is -1.98. The van der Waals surface area contributed by atoms with Crippen LogP contribution in [0.15, 0.2) is 29.3 Å². The monoisotopic (exact) mass is 557 g/mol. The molecule has 37 heavy (non-hydrogen) atoms. The van der Waals surface area contributed by atoms with Gasteiger partial charge in [0, 0.05) is 30.2 Å². The topological polar surface area (TPSA) is 79.4 Å². The van der Waals surface area contributed by atoms with Gasteiger partial charge in [0.05, 0.1) is 33.7 Å². The molecule has 11 heteroatoms. The van der Waals surface area contributed by atoms with Gasteiger partial charge in [-0.1, -0.05) is 20.8 Å². The predicted molar refractivity (Wildman–Crippen MR) is 137 cm³/mol. The lowest BCUT2D eigenvalue weighted by molar-refractivity contribution is -0.184. The third-order valence-electron chi connectivity index (χ3n) is 7.50. The van der Waals surface area contributed by atoms with Crippen molar-refractivity contribution < 1.29 is 26.4 Å². The lowest BCUT2D eigenvalue weighted by atomic mass is 9.81. The molecule has 1 fully saturated rings. The van der Waals surface area contributed by atoms with Crippen molar-refractivity contribution in [3.05, 3.63) is 45.4 Å². The smallest absolute Gasteiger partial charge is 0.346 e. The van der Waals surface area contributed by atoms with Gasteiger partial charge >= 0.3 is 6.18 Å². The first kappa shape index (κ1) is 28.0. The van der Waals surface area contributed by atoms with E-state index in [-0.39, 0.29) is 47.9 Å². The van der Waals surface area contributed by atoms with Crippen molar-refractivity contribution in [2.75, 3.05) is 12.3 Å². The number of hydrogen-bond acceptors (Lipinski definition) is 6. The molecule has 4 rings (SSSR count). The zero-order valence-corrected chi connectivity index (χ0v) is 23.0. The van der Waals surface area contributed by atoms with E-state index >= 15 is 0 Å². The molecule has 2 aromatic heterocycles. The first-order chi connectivity index (χ1) is 17.4. The van der Waals surface area contributed by atoms with Crippen LogP contribution in [0, 0.1) is 17.8 Å². The summed E-state index contributed by atoms with van der Waals surface area (Å²) < 4.78 is 63.0. The number of pyridine rings is 1. The van der Waals surface area contributed by atoms with Gasteiger partial charge in [-0.2, -0.15) is 13.2 Å². The quantitative estimate of drug-likeness (QED) is 0.447. The number of alkyl halides is 3. The Balaban J connectivity index is 1.36. The molecule has 1 saturated carbocycles. The van der Waals surface area contributed by atoms with Crippen molar-refractivity contribution in [2.24, 2.45) is 17.8 Å². The minimum absolute atomic E-state index is 0.00177. The molecule has 6 nitrogen and oxygen atoms in total. The van der Waals surface area contributed by atoms with E-state index < -0.39 is 21.9 Å². The van der Waals surface area contributed by atoms with Crippen LogP contribution in [0.1, 0.15) is 78.3 Å². The number of nitrogens with zero attached hydrogens (tertiary/aromatic N) is 2. The summed E-state index contributed by atoms with van der Waals surface area (Å²) in [7, 11) is -3.32. The fraction of sp³-hybridized carbons (Fsp3) is 0.615. The van der Waals surface area contributed by atoms with Gasteiger partial charge in [-0.15, -0.1) is 11.3 Å². The van der Waals surface area contributed by atoms with Crippen LogP contribution in [-0.4, -0.2) is 42.7 Å². The van der Waals surface area contributed by atoms with Crippen LogP contribution in [0.4, 0.5) is 13.2 Å². The minimum atomic E-state index is -4.09. The Morgan fingerprint density at radius 1 is 1.22 bits per heavy atom. The van der Waals surface area contributed by atoms with E-state index in [1.165, 1.54) is 23.6 Å². The summed E-state index contributed by atoms with van der Waals surface area (Å²) in [5.74, 6) is -0.788. The second-order valence-electron chi connectivity index (χ2n) is 10.4. The van der Waals surface area contributed by atoms with Crippen molar-refractivity contribution >= 4 is 27.1 Å². The molecule has 1 aliphatic heterocycles. The molecule has 1 N–H and O–H groups in total. The maximum absolute atomic E-state index is 13.0. The van der Waals surface area contributed by atoms with Crippen LogP contribution in [0.5, 0.6) is 0 Å². The maximum atomic E-state index is 13.0. The third-order valence-corrected chi connectivity index (χ3v) is 10.5. The predicted octanol–water partition coefficient (Wildman–Crippen LogP) is 5.75. The van der Waals surface area contributed by atoms with E-state index in [4.69, 9.17) is 0 Å². The number of halogens is 3. The maximum Gasteiger partial charge on any atom is 0.391 e. The molecule has 0 spiro atoms. The van der Waals surface area contributed by atoms with Gasteiger partial charge in [0.2, 0.25) is 0 Å². The molecule has 0 radical (unpaired) electrons. The Morgan fingerprint density at radius 2 is 1.92 bits per heavy atom. The SMILES string of the molecule is CCS(=O)(=O)c1ccc(CNC(=O)c2cc3c(s2)[C@H](C(C)C)N(CC2CCC(C(F)(F)F)CC2)C3)nc1. The fourth-order valence-corrected chi connectivity index (χ4v) is 7.66. The average Bonchev–Trinajstić information content (AvgIpc) is 3.40. The summed E-state index contributed by atoms with van der Waals surface area (Å²) in [4.78, 5) is 21.3. The molecule has 204 valence electrons. The van der Waals surface area contributed by atoms with E-state index in [9.17, 15) is 26.4 Å². The number of carbonyl (C=O) groups excluding carboxylic acids is 1. The van der Waals surface area contributed by atoms with E-state index in [0.29, 0.717) is 35.9 Å². The standard InChI is InChI=1S/C26H34F3N3O3S2/c1-4-37(34,35)21-10-9-20(30-13-21)12-31-25(33)22-11-18-15-32(23(16(2)3)24(18)36-22)14-17-5-7-19(8-6-17)26(27,28)29/h9-11,13,16-17,19,23H,4-8,12,14-15H2,1-3H3,(H,31,33)/t17?,19?,23-/m0/s1. The molecular formula is C26H34F3N3O3S2. The molecule has 2 aliphatic rings. The van der Waals surface area contributed by atoms with Crippen LogP contribution in [0.25, 0.3) is 0 Å². The molecule has 0 saturated heterocycles. The van der Waals surface area contributed by atoms with E-state index in [1.54, 1.807) is 13.0 Å². The second-order valence-corrected chi connectivity index (χ2v) is 13.8. The van der Waals surface area contributed by atoms with Crippen LogP contribution in [0.2, 0.25) is 0 Å². The van der Waals surface area contributed by atoms with Gasteiger partial charge in [-0.05, 0) is 61.3 Å². The van der Waals surface area contributed by atoms with Gasteiger partial charge in [-0.25, -0.2) is 8.42 Å². The number of thiophene rings is 1. The van der Waals surface area contributed by atoms with Gasteiger partial charge < -0.3 is 5.32 Å². The van der Waals surface area contributed by atoms with Crippen molar-refractivity contribution in [2.45, 2.75) is 76.7 Å². The molecule has 1 amide bonds. The fourth-order valence-electron chi connectivity index (χ4n) is 5.44. The van der Waals surface area contributed by atoms with Crippen molar-refractivity contribution in [1.82, 2.24) is 15.2 Å². The number of hydrogen-bond donors (Lipinski definition) is 1. The highest BCUT2D eigenvalue weighted by Crippen LogP contribution is 2.46. The number of rotatable bonds is 8. The molecule has 2 aromatic rings. The minimum Gasteiger partial charge on any atom is -0.346 e.